The molecule has 1 heterocycles. The predicted octanol–water partition coefficient (Wildman–Crippen LogP) is 4.00. The summed E-state index contributed by atoms with van der Waals surface area (Å²) in [6, 6.07) is 2.51. The SMILES string of the molecule is CC(C)CCN(C(=O)c1csc(I)c1)C1CC1. The molecule has 0 radical (unpaired) electrons. The molecule has 0 spiro atoms. The van der Waals surface area contributed by atoms with E-state index in [1.165, 1.54) is 15.7 Å². The molecule has 0 aromatic carbocycles. The third-order valence-electron chi connectivity index (χ3n) is 3.01. The summed E-state index contributed by atoms with van der Waals surface area (Å²) >= 11 is 3.92. The van der Waals surface area contributed by atoms with Gasteiger partial charge in [-0.25, -0.2) is 0 Å². The number of nitrogens with zero attached hydrogens (tertiary/aromatic N) is 1. The lowest BCUT2D eigenvalue weighted by molar-refractivity contribution is 0.0736. The lowest BCUT2D eigenvalue weighted by Crippen LogP contribution is -2.34. The van der Waals surface area contributed by atoms with Gasteiger partial charge in [-0.05, 0) is 53.8 Å². The maximum atomic E-state index is 12.4. The molecule has 0 aliphatic heterocycles. The monoisotopic (exact) mass is 363 g/mol. The fourth-order valence-corrected chi connectivity index (χ4v) is 3.14. The highest BCUT2D eigenvalue weighted by atomic mass is 127. The molecule has 2 rings (SSSR count). The number of rotatable bonds is 5. The second kappa shape index (κ2) is 5.69. The number of amides is 1. The third-order valence-corrected chi connectivity index (χ3v) is 4.80. The van der Waals surface area contributed by atoms with Crippen molar-refractivity contribution in [1.82, 2.24) is 4.90 Å². The molecule has 1 aromatic rings. The topological polar surface area (TPSA) is 20.3 Å². The Labute approximate surface area is 121 Å². The molecule has 1 aliphatic carbocycles. The summed E-state index contributed by atoms with van der Waals surface area (Å²) in [7, 11) is 0. The summed E-state index contributed by atoms with van der Waals surface area (Å²) in [5.41, 5.74) is 0.870. The minimum absolute atomic E-state index is 0.229. The molecule has 1 amide bonds. The number of thiophene rings is 1. The molecule has 0 N–H and O–H groups in total. The molecular formula is C13H18INOS. The second-order valence-electron chi connectivity index (χ2n) is 5.05. The Hall–Kier alpha value is -0.100. The van der Waals surface area contributed by atoms with Gasteiger partial charge in [0.2, 0.25) is 0 Å². The number of halogens is 1. The fourth-order valence-electron chi connectivity index (χ4n) is 1.82. The molecule has 0 saturated heterocycles. The van der Waals surface area contributed by atoms with Crippen LogP contribution in [-0.4, -0.2) is 23.4 Å². The van der Waals surface area contributed by atoms with E-state index in [1.807, 2.05) is 11.4 Å². The van der Waals surface area contributed by atoms with Crippen LogP contribution in [0.1, 0.15) is 43.5 Å². The van der Waals surface area contributed by atoms with Crippen LogP contribution in [0.5, 0.6) is 0 Å². The largest absolute Gasteiger partial charge is 0.336 e. The Morgan fingerprint density at radius 2 is 2.29 bits per heavy atom. The second-order valence-corrected chi connectivity index (χ2v) is 7.86. The van der Waals surface area contributed by atoms with Gasteiger partial charge in [-0.2, -0.15) is 0 Å². The van der Waals surface area contributed by atoms with Gasteiger partial charge in [0, 0.05) is 18.0 Å². The fraction of sp³-hybridized carbons (Fsp3) is 0.615. The minimum atomic E-state index is 0.229. The Balaban J connectivity index is 2.02. The Bertz CT molecular complexity index is 398. The summed E-state index contributed by atoms with van der Waals surface area (Å²) in [5.74, 6) is 0.888. The Kier molecular flexibility index (Phi) is 4.47. The number of carbonyl (C=O) groups excluding carboxylic acids is 1. The first-order valence-corrected chi connectivity index (χ1v) is 8.08. The summed E-state index contributed by atoms with van der Waals surface area (Å²) in [5, 5.41) is 1.98. The van der Waals surface area contributed by atoms with Crippen molar-refractivity contribution >= 4 is 39.8 Å². The molecule has 4 heteroatoms. The Morgan fingerprint density at radius 1 is 1.59 bits per heavy atom. The standard InChI is InChI=1S/C13H18INOS/c1-9(2)5-6-15(11-3-4-11)13(16)10-7-12(14)17-8-10/h7-9,11H,3-6H2,1-2H3. The quantitative estimate of drug-likeness (QED) is 0.724. The van der Waals surface area contributed by atoms with E-state index in [-0.39, 0.29) is 5.91 Å². The number of carbonyl (C=O) groups is 1. The first-order valence-electron chi connectivity index (χ1n) is 6.13. The van der Waals surface area contributed by atoms with E-state index in [2.05, 4.69) is 41.3 Å². The average molecular weight is 363 g/mol. The summed E-state index contributed by atoms with van der Waals surface area (Å²) in [4.78, 5) is 14.5. The van der Waals surface area contributed by atoms with Crippen molar-refractivity contribution < 1.29 is 4.79 Å². The first-order chi connectivity index (χ1) is 8.08. The molecule has 1 fully saturated rings. The van der Waals surface area contributed by atoms with Crippen LogP contribution in [0.3, 0.4) is 0 Å². The normalized spacial score (nSPS) is 15.3. The van der Waals surface area contributed by atoms with E-state index < -0.39 is 0 Å². The van der Waals surface area contributed by atoms with E-state index in [4.69, 9.17) is 0 Å². The van der Waals surface area contributed by atoms with Crippen LogP contribution in [-0.2, 0) is 0 Å². The van der Waals surface area contributed by atoms with Crippen molar-refractivity contribution in [2.75, 3.05) is 6.54 Å². The lowest BCUT2D eigenvalue weighted by Gasteiger charge is -2.22. The van der Waals surface area contributed by atoms with Gasteiger partial charge in [0.05, 0.1) is 8.45 Å². The van der Waals surface area contributed by atoms with Crippen LogP contribution in [0.25, 0.3) is 0 Å². The molecule has 1 aliphatic rings. The van der Waals surface area contributed by atoms with Gasteiger partial charge >= 0.3 is 0 Å². The average Bonchev–Trinajstić information content (AvgIpc) is 3.00. The zero-order chi connectivity index (χ0) is 12.4. The molecule has 1 saturated carbocycles. The van der Waals surface area contributed by atoms with Gasteiger partial charge in [0.1, 0.15) is 0 Å². The van der Waals surface area contributed by atoms with Crippen LogP contribution < -0.4 is 0 Å². The lowest BCUT2D eigenvalue weighted by atomic mass is 10.1. The van der Waals surface area contributed by atoms with Crippen molar-refractivity contribution in [3.63, 3.8) is 0 Å². The van der Waals surface area contributed by atoms with Gasteiger partial charge in [0.25, 0.3) is 5.91 Å². The Morgan fingerprint density at radius 3 is 2.76 bits per heavy atom. The van der Waals surface area contributed by atoms with Crippen molar-refractivity contribution in [2.45, 2.75) is 39.2 Å². The highest BCUT2D eigenvalue weighted by molar-refractivity contribution is 14.1. The maximum Gasteiger partial charge on any atom is 0.254 e. The summed E-state index contributed by atoms with van der Waals surface area (Å²) in [6.45, 7) is 5.33. The summed E-state index contributed by atoms with van der Waals surface area (Å²) < 4.78 is 1.19. The molecule has 17 heavy (non-hydrogen) atoms. The first kappa shape index (κ1) is 13.3. The highest BCUT2D eigenvalue weighted by Crippen LogP contribution is 2.30. The van der Waals surface area contributed by atoms with Crippen LogP contribution in [0, 0.1) is 8.80 Å². The molecular weight excluding hydrogens is 345 g/mol. The van der Waals surface area contributed by atoms with Crippen molar-refractivity contribution in [3.05, 3.63) is 19.9 Å². The van der Waals surface area contributed by atoms with Gasteiger partial charge < -0.3 is 4.90 Å². The number of hydrogen-bond donors (Lipinski definition) is 0. The zero-order valence-electron chi connectivity index (χ0n) is 10.3. The van der Waals surface area contributed by atoms with Gasteiger partial charge in [-0.15, -0.1) is 11.3 Å². The van der Waals surface area contributed by atoms with E-state index in [0.29, 0.717) is 12.0 Å². The summed E-state index contributed by atoms with van der Waals surface area (Å²) in [6.07, 6.45) is 3.47. The van der Waals surface area contributed by atoms with E-state index in [1.54, 1.807) is 11.3 Å². The zero-order valence-corrected chi connectivity index (χ0v) is 13.3. The molecule has 0 bridgehead atoms. The van der Waals surface area contributed by atoms with Crippen LogP contribution >= 0.6 is 33.9 Å². The van der Waals surface area contributed by atoms with Crippen molar-refractivity contribution in [1.29, 1.82) is 0 Å². The van der Waals surface area contributed by atoms with E-state index >= 15 is 0 Å². The van der Waals surface area contributed by atoms with E-state index in [9.17, 15) is 4.79 Å². The molecule has 1 aromatic heterocycles. The maximum absolute atomic E-state index is 12.4. The molecule has 94 valence electrons. The van der Waals surface area contributed by atoms with Gasteiger partial charge in [-0.1, -0.05) is 13.8 Å². The number of hydrogen-bond acceptors (Lipinski definition) is 2. The van der Waals surface area contributed by atoms with Gasteiger partial charge in [0.15, 0.2) is 0 Å². The third kappa shape index (κ3) is 3.68. The van der Waals surface area contributed by atoms with Crippen LogP contribution in [0.2, 0.25) is 0 Å². The smallest absolute Gasteiger partial charge is 0.254 e. The minimum Gasteiger partial charge on any atom is -0.336 e. The molecule has 2 nitrogen and oxygen atoms in total. The van der Waals surface area contributed by atoms with Crippen LogP contribution in [0.15, 0.2) is 11.4 Å². The van der Waals surface area contributed by atoms with E-state index in [0.717, 1.165) is 18.5 Å². The molecule has 0 unspecified atom stereocenters. The van der Waals surface area contributed by atoms with Crippen molar-refractivity contribution in [3.8, 4) is 0 Å². The van der Waals surface area contributed by atoms with Crippen LogP contribution in [0.4, 0.5) is 0 Å². The van der Waals surface area contributed by atoms with Crippen molar-refractivity contribution in [2.24, 2.45) is 5.92 Å². The molecule has 0 atom stereocenters. The highest BCUT2D eigenvalue weighted by Gasteiger charge is 2.33. The van der Waals surface area contributed by atoms with Gasteiger partial charge in [-0.3, -0.25) is 4.79 Å². The predicted molar refractivity (Wildman–Crippen MR) is 80.5 cm³/mol.